The van der Waals surface area contributed by atoms with E-state index in [4.69, 9.17) is 10.2 Å². The van der Waals surface area contributed by atoms with Crippen molar-refractivity contribution in [3.8, 4) is 0 Å². The molecule has 5 heteroatoms. The van der Waals surface area contributed by atoms with Crippen molar-refractivity contribution in [3.63, 3.8) is 0 Å². The molecule has 330 valence electrons. The Morgan fingerprint density at radius 2 is 1.08 bits per heavy atom. The molecule has 0 radical (unpaired) electrons. The molecule has 4 aromatic rings. The number of pyridine rings is 1. The van der Waals surface area contributed by atoms with E-state index in [0.717, 1.165) is 18.5 Å². The minimum absolute atomic E-state index is 0.248. The van der Waals surface area contributed by atoms with Gasteiger partial charge < -0.3 is 10.2 Å². The molecule has 0 saturated heterocycles. The van der Waals surface area contributed by atoms with Gasteiger partial charge in [0.2, 0.25) is 0 Å². The molecule has 2 N–H and O–H groups in total. The molecule has 1 aromatic heterocycles. The van der Waals surface area contributed by atoms with Crippen molar-refractivity contribution in [2.75, 3.05) is 0 Å². The lowest BCUT2D eigenvalue weighted by atomic mass is 9.62. The molecule has 63 heavy (non-hydrogen) atoms. The number of aromatic nitrogens is 1. The second-order valence-electron chi connectivity index (χ2n) is 23.1. The summed E-state index contributed by atoms with van der Waals surface area (Å²) in [4.78, 5) is 26.4. The van der Waals surface area contributed by atoms with Gasteiger partial charge in [-0.1, -0.05) is 121 Å². The molecule has 0 aliphatic heterocycles. The number of fused-ring (bicyclic) bond motifs is 4. The number of aromatic carboxylic acids is 2. The number of carbonyl (C=O) groups is 2. The van der Waals surface area contributed by atoms with Crippen LogP contribution < -0.4 is 0 Å². The van der Waals surface area contributed by atoms with Crippen molar-refractivity contribution in [2.24, 2.45) is 11.8 Å². The monoisotopic (exact) mass is 844 g/mol. The van der Waals surface area contributed by atoms with Gasteiger partial charge in [-0.25, -0.2) is 9.59 Å². The third-order valence-electron chi connectivity index (χ3n) is 17.4. The van der Waals surface area contributed by atoms with Crippen molar-refractivity contribution in [1.82, 2.24) is 4.98 Å². The van der Waals surface area contributed by atoms with E-state index in [9.17, 15) is 9.59 Å². The van der Waals surface area contributed by atoms with E-state index in [-0.39, 0.29) is 27.2 Å². The van der Waals surface area contributed by atoms with Crippen LogP contribution in [0.5, 0.6) is 0 Å². The molecule has 0 amide bonds. The third-order valence-corrected chi connectivity index (χ3v) is 17.4. The molecule has 0 bridgehead atoms. The molecular weight excluding hydrogens is 775 g/mol. The Kier molecular flexibility index (Phi) is 10.5. The van der Waals surface area contributed by atoms with Gasteiger partial charge in [0, 0.05) is 29.1 Å². The predicted molar refractivity (Wildman–Crippen MR) is 254 cm³/mol. The Morgan fingerprint density at radius 3 is 1.63 bits per heavy atom. The van der Waals surface area contributed by atoms with E-state index in [2.05, 4.69) is 110 Å². The normalized spacial score (nSPS) is 28.5. The Morgan fingerprint density at radius 1 is 0.571 bits per heavy atom. The fourth-order valence-corrected chi connectivity index (χ4v) is 12.7. The smallest absolute Gasteiger partial charge is 0.337 e. The number of benzene rings is 3. The summed E-state index contributed by atoms with van der Waals surface area (Å²) in [6, 6.07) is 23.4. The number of hydrogen-bond acceptors (Lipinski definition) is 3. The van der Waals surface area contributed by atoms with E-state index in [1.807, 2.05) is 18.2 Å². The Hall–Kier alpha value is -4.77. The molecule has 6 aliphatic carbocycles. The second-order valence-corrected chi connectivity index (χ2v) is 23.1. The quantitative estimate of drug-likeness (QED) is 0.173. The van der Waals surface area contributed by atoms with Gasteiger partial charge in [0.25, 0.3) is 0 Å². The van der Waals surface area contributed by atoms with Crippen LogP contribution in [0.2, 0.25) is 0 Å². The molecule has 4 saturated carbocycles. The van der Waals surface area contributed by atoms with Crippen molar-refractivity contribution in [1.29, 1.82) is 0 Å². The molecule has 4 fully saturated rings. The minimum atomic E-state index is -0.923. The van der Waals surface area contributed by atoms with Gasteiger partial charge in [-0.2, -0.15) is 0 Å². The van der Waals surface area contributed by atoms with Crippen molar-refractivity contribution >= 4 is 11.9 Å². The lowest BCUT2D eigenvalue weighted by Gasteiger charge is -2.43. The molecule has 1 heterocycles. The highest BCUT2D eigenvalue weighted by Gasteiger charge is 2.61. The van der Waals surface area contributed by atoms with Gasteiger partial charge in [0.05, 0.1) is 11.1 Å². The maximum Gasteiger partial charge on any atom is 0.337 e. The first-order valence-corrected chi connectivity index (χ1v) is 23.9. The summed E-state index contributed by atoms with van der Waals surface area (Å²) < 4.78 is 0. The average Bonchev–Trinajstić information content (AvgIpc) is 4.10. The number of carboxylic acid groups (broad SMARTS) is 2. The predicted octanol–water partition coefficient (Wildman–Crippen LogP) is 13.6. The van der Waals surface area contributed by atoms with Crippen LogP contribution in [0, 0.1) is 18.8 Å². The average molecular weight is 844 g/mol. The molecule has 3 aromatic carbocycles. The van der Waals surface area contributed by atoms with E-state index >= 15 is 0 Å². The first-order valence-electron chi connectivity index (χ1n) is 23.9. The second kappa shape index (κ2) is 15.2. The highest BCUT2D eigenvalue weighted by molar-refractivity contribution is 5.87. The molecule has 4 atom stereocenters. The van der Waals surface area contributed by atoms with Gasteiger partial charge in [-0.3, -0.25) is 4.98 Å². The summed E-state index contributed by atoms with van der Waals surface area (Å²) in [6.45, 7) is 21.6. The number of aryl methyl sites for hydroxylation is 1. The van der Waals surface area contributed by atoms with Gasteiger partial charge in [-0.05, 0) is 180 Å². The zero-order valence-electron chi connectivity index (χ0n) is 39.4. The maximum absolute atomic E-state index is 11.1. The van der Waals surface area contributed by atoms with E-state index < -0.39 is 11.9 Å². The SMILES string of the molecule is CC1(C)CCC(C)(C)c2cc(C34CC/C(=C/Cc5ccc(C(=O)O)cc5)C3C4)ccc21.Cc1cc2c(cc1C13CC/C(=C/Cc4ccc(C(=O)O)cn4)C1C3)C(C)(C)CCC2(C)C. The molecule has 4 unspecified atom stereocenters. The Bertz CT molecular complexity index is 2550. The Labute approximate surface area is 376 Å². The summed E-state index contributed by atoms with van der Waals surface area (Å²) in [5.41, 5.74) is 18.6. The van der Waals surface area contributed by atoms with Crippen molar-refractivity contribution < 1.29 is 19.8 Å². The third kappa shape index (κ3) is 7.74. The van der Waals surface area contributed by atoms with Crippen LogP contribution in [0.1, 0.15) is 191 Å². The van der Waals surface area contributed by atoms with Gasteiger partial charge >= 0.3 is 11.9 Å². The summed E-state index contributed by atoms with van der Waals surface area (Å²) in [6.07, 6.45) is 20.4. The number of allylic oxidation sites excluding steroid dienone is 4. The Balaban J connectivity index is 0.000000160. The first kappa shape index (κ1) is 43.5. The summed E-state index contributed by atoms with van der Waals surface area (Å²) in [5, 5.41) is 18.1. The molecule has 0 spiro atoms. The van der Waals surface area contributed by atoms with Gasteiger partial charge in [0.15, 0.2) is 0 Å². The van der Waals surface area contributed by atoms with E-state index in [0.29, 0.717) is 28.2 Å². The highest BCUT2D eigenvalue weighted by Crippen LogP contribution is 2.68. The standard InChI is InChI=1S/C29H35NO2.C29H34O2/c1-18-14-23-24(28(4,5)13-12-27(23,2)3)15-22(18)29-11-10-19(25(29)16-29)6-8-21-9-7-20(17-30-21)26(31)32;1-27(2)15-16-28(3,4)24-17-22(11-12-23(24)27)29-14-13-20(25(29)18-29)8-5-19-6-9-21(10-7-19)26(30)31/h6-7,9,14-15,17,25H,8,10-13,16H2,1-5H3,(H,31,32);6-12,17,25H,5,13-16,18H2,1-4H3,(H,30,31)/b19-6-;20-8-. The van der Waals surface area contributed by atoms with Gasteiger partial charge in [0.1, 0.15) is 0 Å². The van der Waals surface area contributed by atoms with Crippen LogP contribution in [-0.4, -0.2) is 27.1 Å². The van der Waals surface area contributed by atoms with Crippen LogP contribution in [0.4, 0.5) is 0 Å². The van der Waals surface area contributed by atoms with Crippen LogP contribution >= 0.6 is 0 Å². The molecule has 10 rings (SSSR count). The van der Waals surface area contributed by atoms with Crippen molar-refractivity contribution in [2.45, 2.75) is 172 Å². The fourth-order valence-electron chi connectivity index (χ4n) is 12.7. The zero-order valence-corrected chi connectivity index (χ0v) is 39.4. The largest absolute Gasteiger partial charge is 0.478 e. The number of rotatable bonds is 8. The lowest BCUT2D eigenvalue weighted by molar-refractivity contribution is 0.0686. The number of hydrogen-bond donors (Lipinski definition) is 2. The highest BCUT2D eigenvalue weighted by atomic mass is 16.4. The summed E-state index contributed by atoms with van der Waals surface area (Å²) in [5.74, 6) is -0.422. The summed E-state index contributed by atoms with van der Waals surface area (Å²) >= 11 is 0. The van der Waals surface area contributed by atoms with E-state index in [1.54, 1.807) is 62.7 Å². The number of nitrogens with zero attached hydrogens (tertiary/aromatic N) is 1. The van der Waals surface area contributed by atoms with Crippen LogP contribution in [0.25, 0.3) is 0 Å². The lowest BCUT2D eigenvalue weighted by Crippen LogP contribution is -2.34. The fraction of sp³-hybridized carbons (Fsp3) is 0.500. The molecule has 5 nitrogen and oxygen atoms in total. The maximum atomic E-state index is 11.1. The van der Waals surface area contributed by atoms with Gasteiger partial charge in [-0.15, -0.1) is 0 Å². The molecular formula is C58H69NO4. The van der Waals surface area contributed by atoms with Crippen molar-refractivity contribution in [3.05, 3.63) is 158 Å². The molecule has 6 aliphatic rings. The van der Waals surface area contributed by atoms with E-state index in [1.165, 1.54) is 81.5 Å². The van der Waals surface area contributed by atoms with Crippen LogP contribution in [0.3, 0.4) is 0 Å². The summed E-state index contributed by atoms with van der Waals surface area (Å²) in [7, 11) is 0. The minimum Gasteiger partial charge on any atom is -0.478 e. The van der Waals surface area contributed by atoms with Crippen LogP contribution in [-0.2, 0) is 45.3 Å². The zero-order chi connectivity index (χ0) is 44.9. The van der Waals surface area contributed by atoms with Crippen LogP contribution in [0.15, 0.2) is 96.2 Å². The number of carboxylic acids is 2. The topological polar surface area (TPSA) is 87.5 Å². The first-order chi connectivity index (χ1) is 29.7.